The molecule has 1 nitrogen and oxygen atoms in total. The fourth-order valence-corrected chi connectivity index (χ4v) is 4.26. The maximum atomic E-state index is 5.36. The van der Waals surface area contributed by atoms with Crippen molar-refractivity contribution >= 4 is 0 Å². The Bertz CT molecular complexity index is 246. The van der Waals surface area contributed by atoms with E-state index in [2.05, 4.69) is 12.2 Å². The molecule has 0 aromatic heterocycles. The van der Waals surface area contributed by atoms with Crippen LogP contribution in [0.2, 0.25) is 0 Å². The lowest BCUT2D eigenvalue weighted by atomic mass is 9.77. The zero-order valence-corrected chi connectivity index (χ0v) is 8.99. The lowest BCUT2D eigenvalue weighted by molar-refractivity contribution is 0.0868. The number of hydrogen-bond donors (Lipinski definition) is 0. The predicted octanol–water partition coefficient (Wildman–Crippen LogP) is 2.87. The third-order valence-corrected chi connectivity index (χ3v) is 4.82. The zero-order valence-electron chi connectivity index (χ0n) is 8.99. The average Bonchev–Trinajstić information content (AvgIpc) is 2.74. The van der Waals surface area contributed by atoms with E-state index in [9.17, 15) is 0 Å². The highest BCUT2D eigenvalue weighted by Gasteiger charge is 2.48. The summed E-state index contributed by atoms with van der Waals surface area (Å²) in [5, 5.41) is 0. The largest absolute Gasteiger partial charge is 0.384 e. The number of methoxy groups -OCH3 is 1. The second-order valence-corrected chi connectivity index (χ2v) is 5.36. The molecule has 0 aliphatic heterocycles. The Morgan fingerprint density at radius 3 is 3.07 bits per heavy atom. The van der Waals surface area contributed by atoms with Crippen LogP contribution < -0.4 is 0 Å². The molecule has 0 aromatic carbocycles. The Kier molecular flexibility index (Phi) is 2.16. The van der Waals surface area contributed by atoms with Gasteiger partial charge in [0, 0.05) is 13.7 Å². The minimum atomic E-state index is 0.867. The Balaban J connectivity index is 1.78. The van der Waals surface area contributed by atoms with Crippen molar-refractivity contribution in [1.82, 2.24) is 0 Å². The zero-order chi connectivity index (χ0) is 9.54. The summed E-state index contributed by atoms with van der Waals surface area (Å²) in [7, 11) is 1.85. The molecule has 3 rings (SSSR count). The summed E-state index contributed by atoms with van der Waals surface area (Å²) in [6, 6.07) is 0. The minimum absolute atomic E-state index is 0.867. The van der Waals surface area contributed by atoms with E-state index in [0.717, 1.165) is 36.2 Å². The van der Waals surface area contributed by atoms with E-state index in [1.165, 1.54) is 25.7 Å². The number of rotatable bonds is 2. The van der Waals surface area contributed by atoms with Gasteiger partial charge in [0.2, 0.25) is 0 Å². The molecule has 0 saturated heterocycles. The van der Waals surface area contributed by atoms with Gasteiger partial charge in [0.15, 0.2) is 0 Å². The fourth-order valence-electron chi connectivity index (χ4n) is 4.26. The third kappa shape index (κ3) is 1.18. The molecule has 0 spiro atoms. The van der Waals surface area contributed by atoms with E-state index in [0.29, 0.717) is 0 Å². The molecular formula is C13H20O. The van der Waals surface area contributed by atoms with Gasteiger partial charge in [-0.1, -0.05) is 12.2 Å². The van der Waals surface area contributed by atoms with Crippen LogP contribution in [0.5, 0.6) is 0 Å². The summed E-state index contributed by atoms with van der Waals surface area (Å²) >= 11 is 0. The first-order chi connectivity index (χ1) is 6.90. The van der Waals surface area contributed by atoms with Crippen LogP contribution in [0.4, 0.5) is 0 Å². The second-order valence-electron chi connectivity index (χ2n) is 5.36. The normalized spacial score (nSPS) is 49.6. The van der Waals surface area contributed by atoms with E-state index in [1.807, 2.05) is 7.11 Å². The van der Waals surface area contributed by atoms with Crippen molar-refractivity contribution in [3.63, 3.8) is 0 Å². The van der Waals surface area contributed by atoms with Crippen molar-refractivity contribution in [3.05, 3.63) is 12.2 Å². The van der Waals surface area contributed by atoms with Crippen LogP contribution >= 0.6 is 0 Å². The molecule has 2 saturated carbocycles. The Morgan fingerprint density at radius 1 is 1.29 bits per heavy atom. The molecule has 5 atom stereocenters. The highest BCUT2D eigenvalue weighted by atomic mass is 16.5. The molecule has 78 valence electrons. The van der Waals surface area contributed by atoms with Gasteiger partial charge >= 0.3 is 0 Å². The van der Waals surface area contributed by atoms with E-state index >= 15 is 0 Å². The van der Waals surface area contributed by atoms with Crippen LogP contribution in [0.1, 0.15) is 25.7 Å². The van der Waals surface area contributed by atoms with Crippen LogP contribution in [-0.4, -0.2) is 13.7 Å². The molecular weight excluding hydrogens is 172 g/mol. The summed E-state index contributed by atoms with van der Waals surface area (Å²) in [6.45, 7) is 1.00. The van der Waals surface area contributed by atoms with Gasteiger partial charge in [-0.2, -0.15) is 0 Å². The number of allylic oxidation sites excluding steroid dienone is 2. The summed E-state index contributed by atoms with van der Waals surface area (Å²) in [5.41, 5.74) is 0. The van der Waals surface area contributed by atoms with Crippen molar-refractivity contribution in [3.8, 4) is 0 Å². The summed E-state index contributed by atoms with van der Waals surface area (Å²) in [4.78, 5) is 0. The second kappa shape index (κ2) is 3.37. The third-order valence-electron chi connectivity index (χ3n) is 4.82. The first-order valence-corrected chi connectivity index (χ1v) is 6.05. The monoisotopic (exact) mass is 192 g/mol. The first-order valence-electron chi connectivity index (χ1n) is 6.05. The van der Waals surface area contributed by atoms with Gasteiger partial charge < -0.3 is 4.74 Å². The van der Waals surface area contributed by atoms with E-state index in [-0.39, 0.29) is 0 Å². The Labute approximate surface area is 86.5 Å². The molecule has 5 unspecified atom stereocenters. The lowest BCUT2D eigenvalue weighted by Gasteiger charge is -2.30. The Morgan fingerprint density at radius 2 is 2.21 bits per heavy atom. The molecule has 0 radical (unpaired) electrons. The quantitative estimate of drug-likeness (QED) is 0.611. The molecule has 0 amide bonds. The molecule has 14 heavy (non-hydrogen) atoms. The molecule has 0 heterocycles. The maximum Gasteiger partial charge on any atom is 0.0493 e. The molecule has 2 bridgehead atoms. The van der Waals surface area contributed by atoms with Crippen molar-refractivity contribution in [2.45, 2.75) is 25.7 Å². The summed E-state index contributed by atoms with van der Waals surface area (Å²) in [5.74, 6) is 4.81. The van der Waals surface area contributed by atoms with Crippen molar-refractivity contribution in [2.75, 3.05) is 13.7 Å². The first kappa shape index (κ1) is 8.96. The van der Waals surface area contributed by atoms with Crippen molar-refractivity contribution in [2.24, 2.45) is 29.6 Å². The van der Waals surface area contributed by atoms with Crippen molar-refractivity contribution < 1.29 is 4.74 Å². The van der Waals surface area contributed by atoms with Gasteiger partial charge in [-0.25, -0.2) is 0 Å². The lowest BCUT2D eigenvalue weighted by Crippen LogP contribution is -2.25. The van der Waals surface area contributed by atoms with E-state index < -0.39 is 0 Å². The van der Waals surface area contributed by atoms with Crippen LogP contribution in [0.3, 0.4) is 0 Å². The van der Waals surface area contributed by atoms with E-state index in [1.54, 1.807) is 0 Å². The predicted molar refractivity (Wildman–Crippen MR) is 56.9 cm³/mol. The van der Waals surface area contributed by atoms with Gasteiger partial charge in [-0.3, -0.25) is 0 Å². The van der Waals surface area contributed by atoms with Crippen molar-refractivity contribution in [1.29, 1.82) is 0 Å². The highest BCUT2D eigenvalue weighted by molar-refractivity contribution is 5.11. The number of fused-ring (bicyclic) bond motifs is 5. The smallest absolute Gasteiger partial charge is 0.0493 e. The minimum Gasteiger partial charge on any atom is -0.384 e. The van der Waals surface area contributed by atoms with E-state index in [4.69, 9.17) is 4.74 Å². The highest BCUT2D eigenvalue weighted by Crippen LogP contribution is 2.56. The van der Waals surface area contributed by atoms with Crippen LogP contribution in [0, 0.1) is 29.6 Å². The SMILES string of the molecule is COCC1CCC2CC1C1CC=CC21. The van der Waals surface area contributed by atoms with Gasteiger partial charge in [0.05, 0.1) is 0 Å². The maximum absolute atomic E-state index is 5.36. The standard InChI is InChI=1S/C13H20O/c1-14-8-10-6-5-9-7-13(10)12-4-2-3-11(9)12/h2-3,9-13H,4-8H2,1H3. The molecule has 0 aromatic rings. The number of ether oxygens (including phenoxy) is 1. The van der Waals surface area contributed by atoms with Crippen LogP contribution in [0.15, 0.2) is 12.2 Å². The van der Waals surface area contributed by atoms with Crippen LogP contribution in [0.25, 0.3) is 0 Å². The summed E-state index contributed by atoms with van der Waals surface area (Å²) in [6.07, 6.45) is 10.6. The Hall–Kier alpha value is -0.300. The average molecular weight is 192 g/mol. The molecule has 3 aliphatic rings. The van der Waals surface area contributed by atoms with Crippen LogP contribution in [-0.2, 0) is 4.74 Å². The van der Waals surface area contributed by atoms with Gasteiger partial charge in [-0.15, -0.1) is 0 Å². The van der Waals surface area contributed by atoms with Gasteiger partial charge in [0.25, 0.3) is 0 Å². The van der Waals surface area contributed by atoms with Gasteiger partial charge in [-0.05, 0) is 55.3 Å². The van der Waals surface area contributed by atoms with Gasteiger partial charge in [0.1, 0.15) is 0 Å². The summed E-state index contributed by atoms with van der Waals surface area (Å²) < 4.78 is 5.36. The molecule has 2 fully saturated rings. The fraction of sp³-hybridized carbons (Fsp3) is 0.846. The molecule has 3 aliphatic carbocycles. The number of hydrogen-bond acceptors (Lipinski definition) is 1. The molecule has 0 N–H and O–H groups in total. The topological polar surface area (TPSA) is 9.23 Å². The molecule has 1 heteroatoms.